The Morgan fingerprint density at radius 2 is 2.00 bits per heavy atom. The van der Waals surface area contributed by atoms with Crippen molar-refractivity contribution in [2.24, 2.45) is 16.6 Å². The first-order valence-electron chi connectivity index (χ1n) is 7.87. The van der Waals surface area contributed by atoms with Crippen LogP contribution >= 0.6 is 0 Å². The van der Waals surface area contributed by atoms with Gasteiger partial charge in [-0.2, -0.15) is 0 Å². The van der Waals surface area contributed by atoms with Gasteiger partial charge in [0, 0.05) is 5.92 Å². The zero-order valence-electron chi connectivity index (χ0n) is 12.7. The third-order valence-electron chi connectivity index (χ3n) is 4.72. The Balaban J connectivity index is 1.64. The van der Waals surface area contributed by atoms with Gasteiger partial charge in [-0.15, -0.1) is 0 Å². The summed E-state index contributed by atoms with van der Waals surface area (Å²) in [6, 6.07) is 12.1. The predicted octanol–water partition coefficient (Wildman–Crippen LogP) is 3.04. The Morgan fingerprint density at radius 1 is 1.22 bits per heavy atom. The molecule has 1 saturated carbocycles. The van der Waals surface area contributed by atoms with Gasteiger partial charge in [0.05, 0.1) is 11.0 Å². The number of rotatable bonds is 2. The number of aliphatic imine (C=N–C) groups is 1. The van der Waals surface area contributed by atoms with Gasteiger partial charge >= 0.3 is 0 Å². The Kier molecular flexibility index (Phi) is 2.43. The molecule has 0 amide bonds. The average Bonchev–Trinajstić information content (AvgIpc) is 2.99. The maximum absolute atomic E-state index is 6.10. The topological polar surface area (TPSA) is 81.4 Å². The molecule has 0 bridgehead atoms. The molecule has 6 nitrogen and oxygen atoms in total. The highest BCUT2D eigenvalue weighted by molar-refractivity contribution is 5.94. The largest absolute Gasteiger partial charge is 0.461 e. The third-order valence-corrected chi connectivity index (χ3v) is 4.72. The second-order valence-corrected chi connectivity index (χ2v) is 6.37. The minimum absolute atomic E-state index is 0.318. The quantitative estimate of drug-likeness (QED) is 0.762. The van der Waals surface area contributed by atoms with E-state index in [0.29, 0.717) is 23.7 Å². The summed E-state index contributed by atoms with van der Waals surface area (Å²) < 4.78 is 8.13. The van der Waals surface area contributed by atoms with Gasteiger partial charge in [-0.05, 0) is 36.6 Å². The van der Waals surface area contributed by atoms with Crippen LogP contribution in [0.5, 0.6) is 0 Å². The van der Waals surface area contributed by atoms with Crippen molar-refractivity contribution in [1.29, 1.82) is 0 Å². The molecule has 23 heavy (non-hydrogen) atoms. The van der Waals surface area contributed by atoms with Gasteiger partial charge < -0.3 is 10.2 Å². The highest BCUT2D eigenvalue weighted by Gasteiger charge is 2.37. The fourth-order valence-corrected chi connectivity index (χ4v) is 3.33. The zero-order valence-corrected chi connectivity index (χ0v) is 12.7. The fraction of sp³-hybridized carbons (Fsp3) is 0.294. The number of nitrogens with one attached hydrogen (secondary N) is 1. The fourth-order valence-electron chi connectivity index (χ4n) is 3.33. The van der Waals surface area contributed by atoms with Crippen LogP contribution < -0.4 is 11.1 Å². The molecule has 0 spiro atoms. The molecule has 1 fully saturated rings. The molecule has 1 aliphatic carbocycles. The van der Waals surface area contributed by atoms with Crippen LogP contribution in [-0.4, -0.2) is 15.5 Å². The van der Waals surface area contributed by atoms with E-state index in [1.165, 1.54) is 6.42 Å². The minimum Gasteiger partial charge on any atom is -0.461 e. The maximum Gasteiger partial charge on any atom is 0.212 e. The van der Waals surface area contributed by atoms with Crippen LogP contribution in [0.25, 0.3) is 11.0 Å². The first-order valence-corrected chi connectivity index (χ1v) is 7.87. The molecule has 2 aliphatic rings. The Hall–Kier alpha value is -2.76. The van der Waals surface area contributed by atoms with E-state index in [1.54, 1.807) is 0 Å². The lowest BCUT2D eigenvalue weighted by Gasteiger charge is -2.21. The standard InChI is InChI=1S/C17H17N5O/c1-9-8-10(9)13-6-7-14(23-13)15-20-16(18)21-17-19-11-4-2-3-5-12(11)22(15)17/h2-7,9-10,15H,8H2,1H3,(H3,18,19,20,21)/t9-,10+,15-/m1/s1. The van der Waals surface area contributed by atoms with Crippen molar-refractivity contribution in [2.75, 3.05) is 5.32 Å². The number of benzene rings is 1. The highest BCUT2D eigenvalue weighted by Crippen LogP contribution is 2.48. The molecule has 6 heteroatoms. The predicted molar refractivity (Wildman–Crippen MR) is 88.3 cm³/mol. The molecule has 0 unspecified atom stereocenters. The Labute approximate surface area is 133 Å². The van der Waals surface area contributed by atoms with Gasteiger partial charge in [0.2, 0.25) is 5.95 Å². The smallest absolute Gasteiger partial charge is 0.212 e. The SMILES string of the molecule is C[C@@H]1C[C@@H]1c1ccc([C@@H]2N=C(N)Nc3nc4ccccc4n32)o1. The van der Waals surface area contributed by atoms with Gasteiger partial charge in [-0.1, -0.05) is 19.1 Å². The molecule has 1 aliphatic heterocycles. The van der Waals surface area contributed by atoms with Crippen LogP contribution in [-0.2, 0) is 0 Å². The van der Waals surface area contributed by atoms with Gasteiger partial charge in [-0.25, -0.2) is 9.98 Å². The van der Waals surface area contributed by atoms with Crippen LogP contribution in [0.4, 0.5) is 5.95 Å². The first-order chi connectivity index (χ1) is 11.2. The second kappa shape index (κ2) is 4.38. The molecule has 3 N–H and O–H groups in total. The molecule has 1 aromatic carbocycles. The number of para-hydroxylation sites is 2. The van der Waals surface area contributed by atoms with Crippen molar-refractivity contribution in [3.8, 4) is 0 Å². The van der Waals surface area contributed by atoms with Crippen molar-refractivity contribution in [3.05, 3.63) is 47.9 Å². The number of imidazole rings is 1. The summed E-state index contributed by atoms with van der Waals surface area (Å²) in [6.07, 6.45) is 0.880. The minimum atomic E-state index is -0.318. The van der Waals surface area contributed by atoms with Crippen molar-refractivity contribution in [3.63, 3.8) is 0 Å². The van der Waals surface area contributed by atoms with Crippen LogP contribution in [0.1, 0.15) is 36.9 Å². The highest BCUT2D eigenvalue weighted by atomic mass is 16.3. The number of anilines is 1. The number of aromatic nitrogens is 2. The maximum atomic E-state index is 6.10. The summed E-state index contributed by atoms with van der Waals surface area (Å²) in [5.74, 6) is 4.15. The normalized spacial score (nSPS) is 25.8. The molecule has 5 rings (SSSR count). The molecule has 116 valence electrons. The lowest BCUT2D eigenvalue weighted by Crippen LogP contribution is -2.31. The molecule has 3 atom stereocenters. The molecule has 3 heterocycles. The van der Waals surface area contributed by atoms with Gasteiger partial charge in [0.15, 0.2) is 12.1 Å². The summed E-state index contributed by atoms with van der Waals surface area (Å²) >= 11 is 0. The van der Waals surface area contributed by atoms with E-state index in [9.17, 15) is 0 Å². The van der Waals surface area contributed by atoms with E-state index in [2.05, 4.69) is 28.3 Å². The van der Waals surface area contributed by atoms with Crippen molar-refractivity contribution in [1.82, 2.24) is 9.55 Å². The zero-order chi connectivity index (χ0) is 15.6. The summed E-state index contributed by atoms with van der Waals surface area (Å²) in [4.78, 5) is 9.14. The Bertz CT molecular complexity index is 938. The van der Waals surface area contributed by atoms with E-state index in [-0.39, 0.29) is 6.17 Å². The summed E-state index contributed by atoms with van der Waals surface area (Å²) in [5.41, 5.74) is 7.86. The molecule has 0 saturated heterocycles. The number of nitrogens with zero attached hydrogens (tertiary/aromatic N) is 3. The lowest BCUT2D eigenvalue weighted by molar-refractivity contribution is 0.411. The van der Waals surface area contributed by atoms with Crippen LogP contribution in [0.3, 0.4) is 0 Å². The van der Waals surface area contributed by atoms with Crippen molar-refractivity contribution >= 4 is 22.9 Å². The monoisotopic (exact) mass is 307 g/mol. The number of fused-ring (bicyclic) bond motifs is 3. The number of nitrogens with two attached hydrogens (primary N) is 1. The molecule has 3 aromatic rings. The Morgan fingerprint density at radius 3 is 2.83 bits per heavy atom. The number of furan rings is 1. The van der Waals surface area contributed by atoms with Crippen LogP contribution in [0.2, 0.25) is 0 Å². The molecule has 2 aromatic heterocycles. The number of hydrogen-bond acceptors (Lipinski definition) is 5. The van der Waals surface area contributed by atoms with E-state index >= 15 is 0 Å². The van der Waals surface area contributed by atoms with Crippen LogP contribution in [0.15, 0.2) is 45.8 Å². The van der Waals surface area contributed by atoms with E-state index < -0.39 is 0 Å². The summed E-state index contributed by atoms with van der Waals surface area (Å²) in [6.45, 7) is 2.25. The van der Waals surface area contributed by atoms with Crippen molar-refractivity contribution in [2.45, 2.75) is 25.4 Å². The third kappa shape index (κ3) is 1.87. The average molecular weight is 307 g/mol. The molecular weight excluding hydrogens is 290 g/mol. The van der Waals surface area contributed by atoms with Crippen LogP contribution in [0, 0.1) is 5.92 Å². The van der Waals surface area contributed by atoms with E-state index in [0.717, 1.165) is 22.6 Å². The summed E-state index contributed by atoms with van der Waals surface area (Å²) in [7, 11) is 0. The first kappa shape index (κ1) is 12.8. The number of guanidine groups is 1. The van der Waals surface area contributed by atoms with E-state index in [1.807, 2.05) is 34.9 Å². The number of hydrogen-bond donors (Lipinski definition) is 2. The second-order valence-electron chi connectivity index (χ2n) is 6.37. The summed E-state index contributed by atoms with van der Waals surface area (Å²) in [5, 5.41) is 3.04. The van der Waals surface area contributed by atoms with Gasteiger partial charge in [0.1, 0.15) is 11.5 Å². The van der Waals surface area contributed by atoms with Gasteiger partial charge in [-0.3, -0.25) is 9.88 Å². The molecular formula is C17H17N5O. The molecule has 0 radical (unpaired) electrons. The lowest BCUT2D eigenvalue weighted by atomic mass is 10.2. The van der Waals surface area contributed by atoms with Gasteiger partial charge in [0.25, 0.3) is 0 Å². The van der Waals surface area contributed by atoms with Crippen molar-refractivity contribution < 1.29 is 4.42 Å². The van der Waals surface area contributed by atoms with E-state index in [4.69, 9.17) is 10.2 Å².